The molecule has 21 heavy (non-hydrogen) atoms. The molecule has 0 atom stereocenters. The molecule has 0 spiro atoms. The molecule has 0 aliphatic carbocycles. The van der Waals surface area contributed by atoms with Crippen LogP contribution in [0.1, 0.15) is 32.2 Å². The van der Waals surface area contributed by atoms with Crippen molar-refractivity contribution in [2.45, 2.75) is 51.6 Å². The van der Waals surface area contributed by atoms with Crippen LogP contribution in [-0.4, -0.2) is 41.1 Å². The summed E-state index contributed by atoms with van der Waals surface area (Å²) in [4.78, 5) is 0.271. The van der Waals surface area contributed by atoms with E-state index >= 15 is 0 Å². The Morgan fingerprint density at radius 2 is 1.95 bits per heavy atom. The fourth-order valence-electron chi connectivity index (χ4n) is 2.35. The second kappa shape index (κ2) is 6.29. The first-order valence-corrected chi connectivity index (χ1v) is 8.39. The van der Waals surface area contributed by atoms with Crippen molar-refractivity contribution in [3.05, 3.63) is 24.0 Å². The minimum atomic E-state index is -3.64. The van der Waals surface area contributed by atoms with Crippen molar-refractivity contribution in [2.75, 3.05) is 13.1 Å². The van der Waals surface area contributed by atoms with Crippen LogP contribution in [0.4, 0.5) is 0 Å². The Balaban J connectivity index is 3.45. The zero-order valence-electron chi connectivity index (χ0n) is 13.5. The quantitative estimate of drug-likeness (QED) is 0.806. The summed E-state index contributed by atoms with van der Waals surface area (Å²) in [6.45, 7) is 13.9. The Labute approximate surface area is 127 Å². The molecule has 0 aliphatic heterocycles. The minimum Gasteiger partial charge on any atom is -0.329 e. The summed E-state index contributed by atoms with van der Waals surface area (Å²) in [5.41, 5.74) is 6.12. The maximum Gasteiger partial charge on any atom is 0.247 e. The van der Waals surface area contributed by atoms with Crippen LogP contribution < -0.4 is 5.73 Å². The molecule has 1 rings (SSSR count). The molecule has 0 unspecified atom stereocenters. The molecule has 6 nitrogen and oxygen atoms in total. The Morgan fingerprint density at radius 1 is 1.38 bits per heavy atom. The molecule has 1 aromatic heterocycles. The van der Waals surface area contributed by atoms with E-state index in [1.807, 2.05) is 20.8 Å². The molecule has 0 fully saturated rings. The Morgan fingerprint density at radius 3 is 2.38 bits per heavy atom. The van der Waals surface area contributed by atoms with Crippen molar-refractivity contribution in [1.29, 1.82) is 0 Å². The van der Waals surface area contributed by atoms with Gasteiger partial charge in [0, 0.05) is 18.6 Å². The highest BCUT2D eigenvalue weighted by Gasteiger charge is 2.36. The van der Waals surface area contributed by atoms with Crippen LogP contribution in [0, 0.1) is 13.8 Å². The van der Waals surface area contributed by atoms with Gasteiger partial charge in [-0.2, -0.15) is 9.40 Å². The average Bonchev–Trinajstić information content (AvgIpc) is 2.60. The maximum atomic E-state index is 13.0. The van der Waals surface area contributed by atoms with Gasteiger partial charge in [-0.3, -0.25) is 4.68 Å². The van der Waals surface area contributed by atoms with Gasteiger partial charge in [0.2, 0.25) is 10.0 Å². The van der Waals surface area contributed by atoms with Gasteiger partial charge in [0.15, 0.2) is 0 Å². The highest BCUT2D eigenvalue weighted by atomic mass is 32.2. The van der Waals surface area contributed by atoms with Gasteiger partial charge in [0.25, 0.3) is 0 Å². The molecule has 0 aliphatic rings. The first-order valence-electron chi connectivity index (χ1n) is 6.95. The summed E-state index contributed by atoms with van der Waals surface area (Å²) < 4.78 is 29.1. The molecule has 0 saturated carbocycles. The topological polar surface area (TPSA) is 81.2 Å². The largest absolute Gasteiger partial charge is 0.329 e. The number of hydrogen-bond donors (Lipinski definition) is 1. The monoisotopic (exact) mass is 314 g/mol. The van der Waals surface area contributed by atoms with Gasteiger partial charge in [0.1, 0.15) is 4.90 Å². The molecule has 7 heteroatoms. The van der Waals surface area contributed by atoms with Gasteiger partial charge in [0.05, 0.1) is 17.9 Å². The van der Waals surface area contributed by atoms with E-state index in [1.54, 1.807) is 24.6 Å². The summed E-state index contributed by atoms with van der Waals surface area (Å²) in [6.07, 6.45) is 1.60. The number of nitrogens with zero attached hydrogens (tertiary/aromatic N) is 3. The van der Waals surface area contributed by atoms with Gasteiger partial charge >= 0.3 is 0 Å². The van der Waals surface area contributed by atoms with Gasteiger partial charge in [-0.05, 0) is 34.6 Å². The highest BCUT2D eigenvalue weighted by Crippen LogP contribution is 2.28. The van der Waals surface area contributed by atoms with Gasteiger partial charge in [-0.15, -0.1) is 6.58 Å². The lowest BCUT2D eigenvalue weighted by molar-refractivity contribution is 0.269. The minimum absolute atomic E-state index is 0.257. The fourth-order valence-corrected chi connectivity index (χ4v) is 4.49. The van der Waals surface area contributed by atoms with Gasteiger partial charge in [-0.1, -0.05) is 6.08 Å². The van der Waals surface area contributed by atoms with Crippen LogP contribution in [0.25, 0.3) is 0 Å². The second-order valence-corrected chi connectivity index (χ2v) is 7.81. The summed E-state index contributed by atoms with van der Waals surface area (Å²) >= 11 is 0. The number of sulfonamides is 1. The Bertz CT molecular complexity index is 612. The lowest BCUT2D eigenvalue weighted by Gasteiger charge is -2.33. The first-order chi connectivity index (χ1) is 9.57. The molecule has 0 saturated heterocycles. The Kier molecular flexibility index (Phi) is 5.35. The number of rotatable bonds is 6. The number of nitrogens with two attached hydrogens (primary N) is 1. The predicted molar refractivity (Wildman–Crippen MR) is 84.6 cm³/mol. The van der Waals surface area contributed by atoms with E-state index in [0.717, 1.165) is 0 Å². The van der Waals surface area contributed by atoms with Crippen molar-refractivity contribution in [2.24, 2.45) is 5.73 Å². The molecule has 0 amide bonds. The number of aryl methyl sites for hydroxylation is 1. The molecule has 0 radical (unpaired) electrons. The van der Waals surface area contributed by atoms with E-state index in [9.17, 15) is 8.42 Å². The summed E-state index contributed by atoms with van der Waals surface area (Å²) in [7, 11) is -3.64. The van der Waals surface area contributed by atoms with E-state index < -0.39 is 15.6 Å². The van der Waals surface area contributed by atoms with E-state index in [-0.39, 0.29) is 11.4 Å². The SMILES string of the molecule is C=CCN(C(C)(C)C)S(=O)(=O)c1c(C)nn(CCN)c1C. The third kappa shape index (κ3) is 3.53. The first kappa shape index (κ1) is 17.9. The van der Waals surface area contributed by atoms with Crippen molar-refractivity contribution in [3.8, 4) is 0 Å². The zero-order chi connectivity index (χ0) is 16.4. The number of hydrogen-bond acceptors (Lipinski definition) is 4. The molecule has 0 aromatic carbocycles. The second-order valence-electron chi connectivity index (χ2n) is 6.01. The van der Waals surface area contributed by atoms with E-state index in [0.29, 0.717) is 24.5 Å². The van der Waals surface area contributed by atoms with Crippen LogP contribution in [0.3, 0.4) is 0 Å². The normalized spacial score (nSPS) is 12.9. The van der Waals surface area contributed by atoms with E-state index in [1.165, 1.54) is 4.31 Å². The van der Waals surface area contributed by atoms with Crippen LogP contribution in [0.15, 0.2) is 17.6 Å². The molecular weight excluding hydrogens is 288 g/mol. The van der Waals surface area contributed by atoms with Crippen molar-refractivity contribution >= 4 is 10.0 Å². The van der Waals surface area contributed by atoms with Crippen LogP contribution >= 0.6 is 0 Å². The number of aromatic nitrogens is 2. The third-order valence-electron chi connectivity index (χ3n) is 3.25. The summed E-state index contributed by atoms with van der Waals surface area (Å²) in [6, 6.07) is 0. The van der Waals surface area contributed by atoms with E-state index in [2.05, 4.69) is 11.7 Å². The van der Waals surface area contributed by atoms with Crippen LogP contribution in [0.5, 0.6) is 0 Å². The lowest BCUT2D eigenvalue weighted by Crippen LogP contribution is -2.45. The molecule has 1 heterocycles. The molecule has 1 aromatic rings. The fraction of sp³-hybridized carbons (Fsp3) is 0.643. The third-order valence-corrected chi connectivity index (χ3v) is 5.63. The van der Waals surface area contributed by atoms with Gasteiger partial charge in [-0.25, -0.2) is 8.42 Å². The summed E-state index contributed by atoms with van der Waals surface area (Å²) in [5.74, 6) is 0. The van der Waals surface area contributed by atoms with E-state index in [4.69, 9.17) is 5.73 Å². The van der Waals surface area contributed by atoms with Crippen LogP contribution in [-0.2, 0) is 16.6 Å². The van der Waals surface area contributed by atoms with Crippen molar-refractivity contribution in [3.63, 3.8) is 0 Å². The molecular formula is C14H26N4O2S. The predicted octanol–water partition coefficient (Wildman–Crippen LogP) is 1.43. The van der Waals surface area contributed by atoms with Crippen molar-refractivity contribution < 1.29 is 8.42 Å². The maximum absolute atomic E-state index is 13.0. The zero-order valence-corrected chi connectivity index (χ0v) is 14.4. The smallest absolute Gasteiger partial charge is 0.247 e. The van der Waals surface area contributed by atoms with Crippen molar-refractivity contribution in [1.82, 2.24) is 14.1 Å². The lowest BCUT2D eigenvalue weighted by atomic mass is 10.1. The van der Waals surface area contributed by atoms with Crippen LogP contribution in [0.2, 0.25) is 0 Å². The van der Waals surface area contributed by atoms with Gasteiger partial charge < -0.3 is 5.73 Å². The standard InChI is InChI=1S/C14H26N4O2S/c1-7-9-18(14(4,5)6)21(19,20)13-11(2)16-17(10-8-15)12(13)3/h7H,1,8-10,15H2,2-6H3. The Hall–Kier alpha value is -1.18. The average molecular weight is 314 g/mol. The highest BCUT2D eigenvalue weighted by molar-refractivity contribution is 7.89. The molecule has 0 bridgehead atoms. The molecule has 2 N–H and O–H groups in total. The summed E-state index contributed by atoms with van der Waals surface area (Å²) in [5, 5.41) is 4.30. The molecule has 120 valence electrons.